The van der Waals surface area contributed by atoms with Crippen molar-refractivity contribution in [3.8, 4) is 0 Å². The molecule has 1 aromatic carbocycles. The zero-order chi connectivity index (χ0) is 24.2. The highest BCUT2D eigenvalue weighted by Gasteiger charge is 2.68. The Hall–Kier alpha value is -2.47. The number of benzene rings is 1. The van der Waals surface area contributed by atoms with Crippen LogP contribution in [0.2, 0.25) is 0 Å². The van der Waals surface area contributed by atoms with Gasteiger partial charge in [0.25, 0.3) is 0 Å². The van der Waals surface area contributed by atoms with Gasteiger partial charge in [-0.25, -0.2) is 4.98 Å². The molecule has 3 heterocycles. The number of aromatic nitrogens is 1. The number of anilines is 1. The highest BCUT2D eigenvalue weighted by Crippen LogP contribution is 2.65. The molecular formula is C28H38N4O2. The number of piperidine rings is 2. The second kappa shape index (κ2) is 8.63. The van der Waals surface area contributed by atoms with E-state index in [0.29, 0.717) is 49.1 Å². The van der Waals surface area contributed by atoms with E-state index in [1.807, 2.05) is 23.1 Å². The third kappa shape index (κ3) is 4.00. The van der Waals surface area contributed by atoms with Gasteiger partial charge in [0, 0.05) is 36.6 Å². The van der Waals surface area contributed by atoms with Crippen molar-refractivity contribution >= 4 is 28.3 Å². The normalized spacial score (nSPS) is 30.4. The summed E-state index contributed by atoms with van der Waals surface area (Å²) in [7, 11) is 0. The largest absolute Gasteiger partial charge is 0.383 e. The fourth-order valence-corrected chi connectivity index (χ4v) is 6.77. The molecule has 34 heavy (non-hydrogen) atoms. The fraction of sp³-hybridized carbons (Fsp3) is 0.607. The molecule has 5 atom stereocenters. The van der Waals surface area contributed by atoms with E-state index in [4.69, 9.17) is 5.73 Å². The quantitative estimate of drug-likeness (QED) is 0.700. The van der Waals surface area contributed by atoms with Crippen LogP contribution in [0.5, 0.6) is 0 Å². The van der Waals surface area contributed by atoms with Gasteiger partial charge in [-0.2, -0.15) is 0 Å². The van der Waals surface area contributed by atoms with Gasteiger partial charge in [-0.15, -0.1) is 0 Å². The number of fused-ring (bicyclic) bond motifs is 2. The van der Waals surface area contributed by atoms with E-state index in [0.717, 1.165) is 35.7 Å². The lowest BCUT2D eigenvalue weighted by Crippen LogP contribution is -2.53. The number of hydrogen-bond donors (Lipinski definition) is 1. The summed E-state index contributed by atoms with van der Waals surface area (Å²) >= 11 is 0. The number of carbonyl (C=O) groups is 2. The van der Waals surface area contributed by atoms with Crippen LogP contribution in [0.3, 0.4) is 0 Å². The third-order valence-corrected chi connectivity index (χ3v) is 9.07. The second-order valence-electron chi connectivity index (χ2n) is 11.5. The van der Waals surface area contributed by atoms with Gasteiger partial charge >= 0.3 is 0 Å². The van der Waals surface area contributed by atoms with Crippen LogP contribution in [0, 0.1) is 17.3 Å². The molecule has 1 saturated carbocycles. The smallest absolute Gasteiger partial charge is 0.237 e. The van der Waals surface area contributed by atoms with Crippen LogP contribution < -0.4 is 5.73 Å². The molecule has 2 aliphatic heterocycles. The summed E-state index contributed by atoms with van der Waals surface area (Å²) in [5.74, 6) is 1.61. The van der Waals surface area contributed by atoms with E-state index in [1.165, 1.54) is 6.42 Å². The number of ketones is 1. The van der Waals surface area contributed by atoms with Gasteiger partial charge < -0.3 is 10.6 Å². The number of carbonyl (C=O) groups excluding carboxylic acids is 2. The van der Waals surface area contributed by atoms with E-state index in [9.17, 15) is 9.59 Å². The fourth-order valence-electron chi connectivity index (χ4n) is 6.77. The van der Waals surface area contributed by atoms with Crippen molar-refractivity contribution in [2.45, 2.75) is 77.9 Å². The predicted octanol–water partition coefficient (Wildman–Crippen LogP) is 4.06. The van der Waals surface area contributed by atoms with E-state index in [2.05, 4.69) is 43.6 Å². The lowest BCUT2D eigenvalue weighted by Gasteiger charge is -2.40. The van der Waals surface area contributed by atoms with Gasteiger partial charge in [-0.05, 0) is 67.4 Å². The van der Waals surface area contributed by atoms with Crippen molar-refractivity contribution in [2.75, 3.05) is 18.8 Å². The van der Waals surface area contributed by atoms with Crippen LogP contribution in [-0.2, 0) is 16.0 Å². The SMILES string of the molecule is C[C@@H]1CCC[C@H](C)N1CC(=O)N1C[C@H]2[C@@H]([C@H]1C(=O)CCc1ccc3c(N)nccc3c1)C2(C)C. The third-order valence-electron chi connectivity index (χ3n) is 9.07. The molecule has 0 radical (unpaired) electrons. The number of aryl methyl sites for hydroxylation is 1. The Morgan fingerprint density at radius 2 is 1.88 bits per heavy atom. The van der Waals surface area contributed by atoms with Crippen molar-refractivity contribution in [2.24, 2.45) is 17.3 Å². The molecule has 6 heteroatoms. The Balaban J connectivity index is 1.29. The summed E-state index contributed by atoms with van der Waals surface area (Å²) in [6, 6.07) is 8.65. The first-order valence-corrected chi connectivity index (χ1v) is 12.9. The minimum Gasteiger partial charge on any atom is -0.383 e. The van der Waals surface area contributed by atoms with Gasteiger partial charge in [-0.1, -0.05) is 38.5 Å². The maximum absolute atomic E-state index is 13.6. The lowest BCUT2D eigenvalue weighted by atomic mass is 9.94. The summed E-state index contributed by atoms with van der Waals surface area (Å²) in [4.78, 5) is 35.5. The van der Waals surface area contributed by atoms with E-state index in [-0.39, 0.29) is 23.1 Å². The first kappa shape index (κ1) is 23.3. The zero-order valence-electron chi connectivity index (χ0n) is 21.0. The predicted molar refractivity (Wildman–Crippen MR) is 135 cm³/mol. The maximum atomic E-state index is 13.6. The molecule has 1 aromatic heterocycles. The first-order valence-electron chi connectivity index (χ1n) is 12.9. The van der Waals surface area contributed by atoms with Crippen molar-refractivity contribution in [1.82, 2.24) is 14.8 Å². The van der Waals surface area contributed by atoms with Gasteiger partial charge in [-0.3, -0.25) is 14.5 Å². The van der Waals surface area contributed by atoms with E-state index >= 15 is 0 Å². The molecule has 6 nitrogen and oxygen atoms in total. The molecule has 1 amide bonds. The molecule has 0 spiro atoms. The summed E-state index contributed by atoms with van der Waals surface area (Å²) in [5.41, 5.74) is 7.24. The minimum atomic E-state index is -0.275. The number of nitrogens with zero attached hydrogens (tertiary/aromatic N) is 3. The second-order valence-corrected chi connectivity index (χ2v) is 11.5. The van der Waals surface area contributed by atoms with Gasteiger partial charge in [0.05, 0.1) is 12.6 Å². The number of hydrogen-bond acceptors (Lipinski definition) is 5. The zero-order valence-corrected chi connectivity index (χ0v) is 21.0. The molecule has 2 N–H and O–H groups in total. The van der Waals surface area contributed by atoms with Crippen molar-refractivity contribution in [3.05, 3.63) is 36.0 Å². The number of nitrogens with two attached hydrogens (primary N) is 1. The molecule has 2 aromatic rings. The molecule has 3 aliphatic rings. The van der Waals surface area contributed by atoms with Crippen molar-refractivity contribution < 1.29 is 9.59 Å². The first-order chi connectivity index (χ1) is 16.2. The standard InChI is InChI=1S/C28H38N4O2/c1-17-6-5-7-18(2)31(17)16-24(34)32-15-22-25(28(22,3)4)26(32)23(33)11-9-19-8-10-21-20(14-19)12-13-30-27(21)29/h8,10,12-14,17-18,22,25-26H,5-7,9,11,15-16H2,1-4H3,(H2,29,30)/t17-,18+,22-,25-,26+/m0/s1. The minimum absolute atomic E-state index is 0.135. The van der Waals surface area contributed by atoms with Crippen LogP contribution in [0.15, 0.2) is 30.5 Å². The highest BCUT2D eigenvalue weighted by molar-refractivity contribution is 5.93. The van der Waals surface area contributed by atoms with Crippen LogP contribution >= 0.6 is 0 Å². The Labute approximate surface area is 202 Å². The summed E-state index contributed by atoms with van der Waals surface area (Å²) < 4.78 is 0. The molecule has 3 fully saturated rings. The Morgan fingerprint density at radius 3 is 2.62 bits per heavy atom. The highest BCUT2D eigenvalue weighted by atomic mass is 16.2. The molecule has 182 valence electrons. The lowest BCUT2D eigenvalue weighted by molar-refractivity contribution is -0.141. The van der Waals surface area contributed by atoms with Gasteiger partial charge in [0.2, 0.25) is 5.91 Å². The number of amides is 1. The summed E-state index contributed by atoms with van der Waals surface area (Å²) in [6.07, 6.45) is 6.36. The van der Waals surface area contributed by atoms with Crippen molar-refractivity contribution in [1.29, 1.82) is 0 Å². The number of Topliss-reactive ketones (excluding diaryl/α,β-unsaturated/α-hetero) is 1. The summed E-state index contributed by atoms with van der Waals surface area (Å²) in [6.45, 7) is 10.1. The molecule has 5 rings (SSSR count). The van der Waals surface area contributed by atoms with Crippen LogP contribution in [0.4, 0.5) is 5.82 Å². The van der Waals surface area contributed by atoms with E-state index < -0.39 is 0 Å². The topological polar surface area (TPSA) is 79.5 Å². The molecule has 0 unspecified atom stereocenters. The molecule has 0 bridgehead atoms. The average molecular weight is 463 g/mol. The maximum Gasteiger partial charge on any atom is 0.237 e. The monoisotopic (exact) mass is 462 g/mol. The van der Waals surface area contributed by atoms with Gasteiger partial charge in [0.15, 0.2) is 5.78 Å². The Kier molecular flexibility index (Phi) is 5.91. The van der Waals surface area contributed by atoms with Crippen molar-refractivity contribution in [3.63, 3.8) is 0 Å². The Morgan fingerprint density at radius 1 is 1.15 bits per heavy atom. The molecular weight excluding hydrogens is 424 g/mol. The average Bonchev–Trinajstić information content (AvgIpc) is 3.13. The number of likely N-dealkylation sites (tertiary alicyclic amines) is 2. The van der Waals surface area contributed by atoms with Crippen LogP contribution in [0.1, 0.15) is 58.9 Å². The number of nitrogen functional groups attached to an aromatic ring is 1. The number of rotatable bonds is 6. The van der Waals surface area contributed by atoms with Gasteiger partial charge in [0.1, 0.15) is 5.82 Å². The van der Waals surface area contributed by atoms with Crippen LogP contribution in [-0.4, -0.2) is 57.7 Å². The molecule has 2 saturated heterocycles. The molecule has 1 aliphatic carbocycles. The van der Waals surface area contributed by atoms with Crippen LogP contribution in [0.25, 0.3) is 10.8 Å². The number of pyridine rings is 1. The summed E-state index contributed by atoms with van der Waals surface area (Å²) in [5, 5.41) is 1.98. The van der Waals surface area contributed by atoms with E-state index in [1.54, 1.807) is 6.20 Å². The Bertz CT molecular complexity index is 1100.